The van der Waals surface area contributed by atoms with E-state index in [1.807, 2.05) is 22.6 Å². The fourth-order valence-electron chi connectivity index (χ4n) is 1.63. The van der Waals surface area contributed by atoms with Crippen molar-refractivity contribution in [2.24, 2.45) is 5.73 Å². The molecule has 0 aliphatic heterocycles. The lowest BCUT2D eigenvalue weighted by molar-refractivity contribution is 0.179. The van der Waals surface area contributed by atoms with Gasteiger partial charge in [0.15, 0.2) is 0 Å². The zero-order valence-corrected chi connectivity index (χ0v) is 13.3. The molecule has 0 atom stereocenters. The molecule has 0 radical (unpaired) electrons. The summed E-state index contributed by atoms with van der Waals surface area (Å²) < 4.78 is 4.49. The van der Waals surface area contributed by atoms with Gasteiger partial charge in [0.05, 0.1) is 0 Å². The maximum atomic E-state index is 9.59. The molecule has 1 amide bonds. The summed E-state index contributed by atoms with van der Waals surface area (Å²) in [6.07, 6.45) is 1.54. The highest BCUT2D eigenvalue weighted by atomic mass is 127. The highest BCUT2D eigenvalue weighted by Crippen LogP contribution is 2.06. The molecule has 0 aliphatic carbocycles. The number of carbonyl (C=O) groups excluding carboxylic acids is 1. The van der Waals surface area contributed by atoms with Crippen LogP contribution in [0, 0.1) is 0 Å². The van der Waals surface area contributed by atoms with Gasteiger partial charge in [-0.15, -0.1) is 0 Å². The SMILES string of the molecule is NC(=O)OCI.c1ccc(CCc2ccccc2)cc1. The van der Waals surface area contributed by atoms with Gasteiger partial charge in [0.1, 0.15) is 4.61 Å². The van der Waals surface area contributed by atoms with Crippen LogP contribution < -0.4 is 5.73 Å². The predicted octanol–water partition coefficient (Wildman–Crippen LogP) is 3.95. The quantitative estimate of drug-likeness (QED) is 0.642. The van der Waals surface area contributed by atoms with Crippen LogP contribution in [-0.4, -0.2) is 10.7 Å². The van der Waals surface area contributed by atoms with Crippen LogP contribution in [0.5, 0.6) is 0 Å². The Hall–Kier alpha value is -1.56. The van der Waals surface area contributed by atoms with Crippen LogP contribution in [0.1, 0.15) is 11.1 Å². The first-order chi connectivity index (χ1) is 9.72. The van der Waals surface area contributed by atoms with E-state index < -0.39 is 6.09 Å². The van der Waals surface area contributed by atoms with Crippen molar-refractivity contribution in [3.63, 3.8) is 0 Å². The minimum absolute atomic E-state index is 0.326. The molecule has 0 heterocycles. The summed E-state index contributed by atoms with van der Waals surface area (Å²) in [6, 6.07) is 21.2. The third kappa shape index (κ3) is 7.78. The summed E-state index contributed by atoms with van der Waals surface area (Å²) in [5.74, 6) is 0. The first-order valence-electron chi connectivity index (χ1n) is 6.28. The zero-order chi connectivity index (χ0) is 14.6. The standard InChI is InChI=1S/C14H14.C2H4INO2/c1-3-7-13(8-4-1)11-12-14-9-5-2-6-10-14;3-1-6-2(4)5/h1-10H,11-12H2;1H2,(H2,4,5). The first-order valence-corrected chi connectivity index (χ1v) is 7.81. The minimum atomic E-state index is -0.718. The van der Waals surface area contributed by atoms with Crippen molar-refractivity contribution in [3.8, 4) is 0 Å². The van der Waals surface area contributed by atoms with Crippen LogP contribution in [0.2, 0.25) is 0 Å². The molecule has 0 aliphatic rings. The summed E-state index contributed by atoms with van der Waals surface area (Å²) in [4.78, 5) is 9.59. The lowest BCUT2D eigenvalue weighted by atomic mass is 10.0. The molecule has 2 aromatic carbocycles. The molecule has 0 spiro atoms. The normalized spacial score (nSPS) is 9.25. The van der Waals surface area contributed by atoms with Crippen LogP contribution in [0.15, 0.2) is 60.7 Å². The third-order valence-electron chi connectivity index (χ3n) is 2.58. The molecule has 2 N–H and O–H groups in total. The van der Waals surface area contributed by atoms with Crippen LogP contribution in [0.25, 0.3) is 0 Å². The largest absolute Gasteiger partial charge is 0.439 e. The van der Waals surface area contributed by atoms with Gasteiger partial charge in [-0.25, -0.2) is 4.79 Å². The number of ether oxygens (including phenoxy) is 1. The molecule has 20 heavy (non-hydrogen) atoms. The molecule has 0 saturated carbocycles. The molecule has 2 rings (SSSR count). The fourth-order valence-corrected chi connectivity index (χ4v) is 1.94. The number of primary amides is 1. The molecule has 0 saturated heterocycles. The van der Waals surface area contributed by atoms with Crippen molar-refractivity contribution < 1.29 is 9.53 Å². The van der Waals surface area contributed by atoms with E-state index in [1.165, 1.54) is 11.1 Å². The molecule has 0 aromatic heterocycles. The van der Waals surface area contributed by atoms with E-state index in [2.05, 4.69) is 71.1 Å². The Morgan fingerprint density at radius 1 is 0.900 bits per heavy atom. The Labute approximate surface area is 133 Å². The van der Waals surface area contributed by atoms with Crippen molar-refractivity contribution >= 4 is 28.7 Å². The van der Waals surface area contributed by atoms with Crippen molar-refractivity contribution in [2.45, 2.75) is 12.8 Å². The molecule has 4 heteroatoms. The van der Waals surface area contributed by atoms with Gasteiger partial charge in [-0.05, 0) is 46.6 Å². The number of hydrogen-bond donors (Lipinski definition) is 1. The number of rotatable bonds is 4. The average Bonchev–Trinajstić information content (AvgIpc) is 2.48. The smallest absolute Gasteiger partial charge is 0.405 e. The molecule has 3 nitrogen and oxygen atoms in total. The van der Waals surface area contributed by atoms with Gasteiger partial charge in [0.25, 0.3) is 0 Å². The lowest BCUT2D eigenvalue weighted by Crippen LogP contribution is -2.11. The van der Waals surface area contributed by atoms with Gasteiger partial charge in [-0.2, -0.15) is 0 Å². The van der Waals surface area contributed by atoms with E-state index in [0.717, 1.165) is 12.8 Å². The second-order valence-corrected chi connectivity index (χ2v) is 4.67. The highest BCUT2D eigenvalue weighted by Gasteiger charge is 1.93. The maximum absolute atomic E-state index is 9.59. The van der Waals surface area contributed by atoms with Crippen molar-refractivity contribution in [2.75, 3.05) is 4.61 Å². The van der Waals surface area contributed by atoms with Crippen molar-refractivity contribution in [1.82, 2.24) is 0 Å². The Balaban J connectivity index is 0.000000286. The summed E-state index contributed by atoms with van der Waals surface area (Å²) in [5, 5.41) is 0. The third-order valence-corrected chi connectivity index (χ3v) is 2.90. The molecule has 0 fully saturated rings. The van der Waals surface area contributed by atoms with E-state index >= 15 is 0 Å². The monoisotopic (exact) mass is 383 g/mol. The molecule has 0 unspecified atom stereocenters. The number of halogens is 1. The van der Waals surface area contributed by atoms with Crippen molar-refractivity contribution in [1.29, 1.82) is 0 Å². The number of aryl methyl sites for hydroxylation is 2. The summed E-state index contributed by atoms with van der Waals surface area (Å²) in [7, 11) is 0. The van der Waals surface area contributed by atoms with Crippen molar-refractivity contribution in [3.05, 3.63) is 71.8 Å². The van der Waals surface area contributed by atoms with Gasteiger partial charge in [0, 0.05) is 0 Å². The fraction of sp³-hybridized carbons (Fsp3) is 0.188. The number of hydrogen-bond acceptors (Lipinski definition) is 2. The van der Waals surface area contributed by atoms with Gasteiger partial charge in [0.2, 0.25) is 0 Å². The minimum Gasteiger partial charge on any atom is -0.439 e. The van der Waals surface area contributed by atoms with Gasteiger partial charge in [-0.1, -0.05) is 60.7 Å². The van der Waals surface area contributed by atoms with Gasteiger partial charge in [-0.3, -0.25) is 0 Å². The number of amides is 1. The van der Waals surface area contributed by atoms with Crippen LogP contribution in [0.3, 0.4) is 0 Å². The molecular weight excluding hydrogens is 365 g/mol. The first kappa shape index (κ1) is 16.5. The predicted molar refractivity (Wildman–Crippen MR) is 89.8 cm³/mol. The van der Waals surface area contributed by atoms with E-state index in [0.29, 0.717) is 4.61 Å². The second-order valence-electron chi connectivity index (χ2n) is 4.04. The molecule has 106 valence electrons. The van der Waals surface area contributed by atoms with Crippen LogP contribution in [-0.2, 0) is 17.6 Å². The summed E-state index contributed by atoms with van der Waals surface area (Å²) >= 11 is 1.88. The number of nitrogens with two attached hydrogens (primary N) is 1. The molecule has 0 bridgehead atoms. The van der Waals surface area contributed by atoms with E-state index in [1.54, 1.807) is 0 Å². The van der Waals surface area contributed by atoms with E-state index in [-0.39, 0.29) is 0 Å². The van der Waals surface area contributed by atoms with E-state index in [4.69, 9.17) is 0 Å². The highest BCUT2D eigenvalue weighted by molar-refractivity contribution is 14.1. The Morgan fingerprint density at radius 2 is 1.30 bits per heavy atom. The Bertz CT molecular complexity index is 449. The summed E-state index contributed by atoms with van der Waals surface area (Å²) in [5.41, 5.74) is 7.36. The second kappa shape index (κ2) is 10.3. The zero-order valence-electron chi connectivity index (χ0n) is 11.2. The van der Waals surface area contributed by atoms with Gasteiger partial charge >= 0.3 is 6.09 Å². The topological polar surface area (TPSA) is 52.3 Å². The average molecular weight is 383 g/mol. The number of alkyl halides is 1. The van der Waals surface area contributed by atoms with Crippen LogP contribution >= 0.6 is 22.6 Å². The maximum Gasteiger partial charge on any atom is 0.405 e. The number of benzene rings is 2. The van der Waals surface area contributed by atoms with E-state index in [9.17, 15) is 4.79 Å². The van der Waals surface area contributed by atoms with Crippen LogP contribution in [0.4, 0.5) is 4.79 Å². The van der Waals surface area contributed by atoms with Gasteiger partial charge < -0.3 is 10.5 Å². The Morgan fingerprint density at radius 3 is 1.55 bits per heavy atom. The molecule has 2 aromatic rings. The Kier molecular flexibility index (Phi) is 8.46. The lowest BCUT2D eigenvalue weighted by Gasteiger charge is -2.01. The number of carbonyl (C=O) groups is 1. The molecular formula is C16H18INO2. The summed E-state index contributed by atoms with van der Waals surface area (Å²) in [6.45, 7) is 0.